The van der Waals surface area contributed by atoms with E-state index in [-0.39, 0.29) is 6.61 Å². The van der Waals surface area contributed by atoms with Crippen LogP contribution in [0.15, 0.2) is 18.2 Å². The largest absolute Gasteiger partial charge is 0.497 e. The van der Waals surface area contributed by atoms with Crippen LogP contribution in [0.4, 0.5) is 0 Å². The Balaban J connectivity index is 2.38. The number of likely N-dealkylation sites (N-methyl/N-ethyl adjacent to an activating group) is 1. The number of aliphatic hydroxyl groups is 1. The molecule has 0 bridgehead atoms. The first-order chi connectivity index (χ1) is 9.69. The Morgan fingerprint density at radius 1 is 1.45 bits per heavy atom. The highest BCUT2D eigenvalue weighted by Gasteiger charge is 2.12. The zero-order chi connectivity index (χ0) is 14.5. The molecule has 0 saturated carbocycles. The van der Waals surface area contributed by atoms with Crippen LogP contribution in [0.2, 0.25) is 0 Å². The van der Waals surface area contributed by atoms with Crippen molar-refractivity contribution in [2.24, 2.45) is 5.73 Å². The Hall–Kier alpha value is -1.63. The summed E-state index contributed by atoms with van der Waals surface area (Å²) in [7, 11) is 3.61. The molecule has 2 rings (SSSR count). The third kappa shape index (κ3) is 3.09. The van der Waals surface area contributed by atoms with Crippen LogP contribution >= 0.6 is 0 Å². The van der Waals surface area contributed by atoms with Crippen LogP contribution in [0.1, 0.15) is 5.82 Å². The smallest absolute Gasteiger partial charge is 0.124 e. The maximum Gasteiger partial charge on any atom is 0.124 e. The number of hydrogen-bond donors (Lipinski definition) is 2. The molecule has 0 saturated heterocycles. The monoisotopic (exact) mass is 278 g/mol. The van der Waals surface area contributed by atoms with E-state index in [1.54, 1.807) is 7.11 Å². The summed E-state index contributed by atoms with van der Waals surface area (Å²) >= 11 is 0. The van der Waals surface area contributed by atoms with Gasteiger partial charge in [-0.15, -0.1) is 0 Å². The zero-order valence-corrected chi connectivity index (χ0v) is 12.0. The minimum Gasteiger partial charge on any atom is -0.497 e. The third-order valence-corrected chi connectivity index (χ3v) is 3.28. The first-order valence-electron chi connectivity index (χ1n) is 6.72. The fraction of sp³-hybridized carbons (Fsp3) is 0.500. The number of rotatable bonds is 7. The van der Waals surface area contributed by atoms with Gasteiger partial charge in [0.1, 0.15) is 11.6 Å². The Labute approximate surface area is 118 Å². The lowest BCUT2D eigenvalue weighted by atomic mass is 10.3. The third-order valence-electron chi connectivity index (χ3n) is 3.28. The van der Waals surface area contributed by atoms with Gasteiger partial charge in [0.25, 0.3) is 0 Å². The van der Waals surface area contributed by atoms with Crippen molar-refractivity contribution < 1.29 is 9.84 Å². The second-order valence-electron chi connectivity index (χ2n) is 4.78. The molecule has 0 spiro atoms. The number of methoxy groups -OCH3 is 1. The number of nitrogens with two attached hydrogens (primary N) is 1. The summed E-state index contributed by atoms with van der Waals surface area (Å²) in [4.78, 5) is 6.70. The van der Waals surface area contributed by atoms with E-state index in [1.807, 2.05) is 30.1 Å². The number of hydrogen-bond acceptors (Lipinski definition) is 5. The van der Waals surface area contributed by atoms with Gasteiger partial charge in [-0.25, -0.2) is 4.98 Å². The van der Waals surface area contributed by atoms with Crippen LogP contribution in [0, 0.1) is 0 Å². The molecule has 1 aromatic heterocycles. The van der Waals surface area contributed by atoms with Crippen molar-refractivity contribution in [1.82, 2.24) is 14.5 Å². The molecule has 6 heteroatoms. The molecule has 0 aliphatic heterocycles. The summed E-state index contributed by atoms with van der Waals surface area (Å²) < 4.78 is 7.36. The predicted molar refractivity (Wildman–Crippen MR) is 78.8 cm³/mol. The van der Waals surface area contributed by atoms with Gasteiger partial charge in [0.2, 0.25) is 0 Å². The minimum atomic E-state index is 0.140. The van der Waals surface area contributed by atoms with E-state index in [0.717, 1.165) is 29.2 Å². The molecule has 0 aliphatic rings. The molecule has 1 aromatic carbocycles. The van der Waals surface area contributed by atoms with Crippen molar-refractivity contribution in [3.8, 4) is 5.75 Å². The maximum absolute atomic E-state index is 8.99. The molecular formula is C14H22N4O2. The molecule has 110 valence electrons. The highest BCUT2D eigenvalue weighted by Crippen LogP contribution is 2.22. The minimum absolute atomic E-state index is 0.140. The number of ether oxygens (including phenoxy) is 1. The summed E-state index contributed by atoms with van der Waals surface area (Å²) in [6.07, 6.45) is 0. The van der Waals surface area contributed by atoms with Gasteiger partial charge >= 0.3 is 0 Å². The second kappa shape index (κ2) is 6.69. The van der Waals surface area contributed by atoms with E-state index < -0.39 is 0 Å². The molecule has 2 aromatic rings. The lowest BCUT2D eigenvalue weighted by molar-refractivity contribution is 0.213. The van der Waals surface area contributed by atoms with Crippen molar-refractivity contribution in [1.29, 1.82) is 0 Å². The normalized spacial score (nSPS) is 11.4. The van der Waals surface area contributed by atoms with Crippen LogP contribution in [0.5, 0.6) is 5.75 Å². The van der Waals surface area contributed by atoms with E-state index in [2.05, 4.69) is 9.55 Å². The fourth-order valence-electron chi connectivity index (χ4n) is 2.28. The molecule has 0 atom stereocenters. The Bertz CT molecular complexity index is 568. The number of imidazole rings is 1. The van der Waals surface area contributed by atoms with Gasteiger partial charge in [0.15, 0.2) is 0 Å². The predicted octanol–water partition coefficient (Wildman–Crippen LogP) is 0.428. The van der Waals surface area contributed by atoms with Crippen molar-refractivity contribution in [3.63, 3.8) is 0 Å². The summed E-state index contributed by atoms with van der Waals surface area (Å²) in [6, 6.07) is 5.86. The van der Waals surface area contributed by atoms with Crippen molar-refractivity contribution in [2.75, 3.05) is 33.9 Å². The van der Waals surface area contributed by atoms with Gasteiger partial charge in [0, 0.05) is 25.7 Å². The van der Waals surface area contributed by atoms with Crippen LogP contribution in [-0.2, 0) is 13.1 Å². The summed E-state index contributed by atoms with van der Waals surface area (Å²) in [5, 5.41) is 8.99. The average Bonchev–Trinajstić information content (AvgIpc) is 2.76. The number of nitrogens with zero attached hydrogens (tertiary/aromatic N) is 3. The molecular weight excluding hydrogens is 256 g/mol. The molecule has 0 fully saturated rings. The average molecular weight is 278 g/mol. The van der Waals surface area contributed by atoms with E-state index in [4.69, 9.17) is 15.6 Å². The number of fused-ring (bicyclic) bond motifs is 1. The van der Waals surface area contributed by atoms with E-state index in [0.29, 0.717) is 19.6 Å². The van der Waals surface area contributed by atoms with E-state index in [9.17, 15) is 0 Å². The topological polar surface area (TPSA) is 76.5 Å². The summed E-state index contributed by atoms with van der Waals surface area (Å²) in [5.74, 6) is 1.75. The van der Waals surface area contributed by atoms with Crippen molar-refractivity contribution in [3.05, 3.63) is 24.0 Å². The zero-order valence-electron chi connectivity index (χ0n) is 12.0. The molecule has 0 radical (unpaired) electrons. The highest BCUT2D eigenvalue weighted by molar-refractivity contribution is 5.77. The Morgan fingerprint density at radius 2 is 2.25 bits per heavy atom. The maximum atomic E-state index is 8.99. The molecule has 1 heterocycles. The van der Waals surface area contributed by atoms with Gasteiger partial charge < -0.3 is 20.1 Å². The number of benzene rings is 1. The van der Waals surface area contributed by atoms with Crippen molar-refractivity contribution >= 4 is 11.0 Å². The first-order valence-corrected chi connectivity index (χ1v) is 6.72. The standard InChI is InChI=1S/C14H22N4O2/c1-17(7-8-19)10-14-16-12-9-11(20-2)3-4-13(12)18(14)6-5-15/h3-4,9,19H,5-8,10,15H2,1-2H3. The van der Waals surface area contributed by atoms with Gasteiger partial charge in [-0.2, -0.15) is 0 Å². The molecule has 0 amide bonds. The highest BCUT2D eigenvalue weighted by atomic mass is 16.5. The SMILES string of the molecule is COc1ccc2c(c1)nc(CN(C)CCO)n2CCN. The van der Waals surface area contributed by atoms with Crippen LogP contribution < -0.4 is 10.5 Å². The van der Waals surface area contributed by atoms with E-state index in [1.165, 1.54) is 0 Å². The summed E-state index contributed by atoms with van der Waals surface area (Å²) in [6.45, 7) is 2.73. The van der Waals surface area contributed by atoms with Crippen LogP contribution in [0.25, 0.3) is 11.0 Å². The lowest BCUT2D eigenvalue weighted by Crippen LogP contribution is -2.24. The van der Waals surface area contributed by atoms with E-state index >= 15 is 0 Å². The van der Waals surface area contributed by atoms with Gasteiger partial charge in [-0.3, -0.25) is 4.90 Å². The van der Waals surface area contributed by atoms with Gasteiger partial charge in [-0.05, 0) is 19.2 Å². The number of aliphatic hydroxyl groups excluding tert-OH is 1. The summed E-state index contributed by atoms with van der Waals surface area (Å²) in [5.41, 5.74) is 7.66. The first kappa shape index (κ1) is 14.8. The Morgan fingerprint density at radius 3 is 2.90 bits per heavy atom. The molecule has 20 heavy (non-hydrogen) atoms. The molecule has 6 nitrogen and oxygen atoms in total. The molecule has 3 N–H and O–H groups in total. The number of aromatic nitrogens is 2. The fourth-order valence-corrected chi connectivity index (χ4v) is 2.28. The second-order valence-corrected chi connectivity index (χ2v) is 4.78. The molecule has 0 unspecified atom stereocenters. The van der Waals surface area contributed by atoms with Crippen molar-refractivity contribution in [2.45, 2.75) is 13.1 Å². The molecule has 0 aliphatic carbocycles. The van der Waals surface area contributed by atoms with Crippen LogP contribution in [0.3, 0.4) is 0 Å². The lowest BCUT2D eigenvalue weighted by Gasteiger charge is -2.15. The van der Waals surface area contributed by atoms with Crippen LogP contribution in [-0.4, -0.2) is 53.4 Å². The Kier molecular flexibility index (Phi) is 4.94. The van der Waals surface area contributed by atoms with Gasteiger partial charge in [-0.1, -0.05) is 0 Å². The van der Waals surface area contributed by atoms with Gasteiger partial charge in [0.05, 0.1) is 31.3 Å². The quantitative estimate of drug-likeness (QED) is 0.768.